The molecule has 0 amide bonds. The average Bonchev–Trinajstić information content (AvgIpc) is 2.30. The highest BCUT2D eigenvalue weighted by Gasteiger charge is 2.07. The van der Waals surface area contributed by atoms with Crippen LogP contribution < -0.4 is 20.5 Å². The maximum absolute atomic E-state index is 5.61. The van der Waals surface area contributed by atoms with E-state index in [2.05, 4.69) is 10.3 Å². The summed E-state index contributed by atoms with van der Waals surface area (Å²) in [4.78, 5) is 3.82. The van der Waals surface area contributed by atoms with E-state index in [4.69, 9.17) is 15.2 Å². The molecular weight excluding hydrogens is 218 g/mol. The van der Waals surface area contributed by atoms with Gasteiger partial charge in [0, 0.05) is 18.8 Å². The molecule has 5 nitrogen and oxygen atoms in total. The normalized spacial score (nSPS) is 11.5. The molecule has 0 aliphatic heterocycles. The molecule has 0 saturated carbocycles. The van der Waals surface area contributed by atoms with Crippen LogP contribution in [0.15, 0.2) is 23.2 Å². The van der Waals surface area contributed by atoms with E-state index in [1.807, 2.05) is 32.0 Å². The van der Waals surface area contributed by atoms with Crippen molar-refractivity contribution in [3.8, 4) is 11.5 Å². The lowest BCUT2D eigenvalue weighted by atomic mass is 10.2. The van der Waals surface area contributed by atoms with Crippen LogP contribution in [0.3, 0.4) is 0 Å². The number of rotatable bonds is 4. The first-order valence-electron chi connectivity index (χ1n) is 5.40. The van der Waals surface area contributed by atoms with Crippen molar-refractivity contribution in [1.82, 2.24) is 0 Å². The van der Waals surface area contributed by atoms with Gasteiger partial charge in [-0.15, -0.1) is 0 Å². The molecule has 0 atom stereocenters. The number of nitrogens with two attached hydrogens (primary N) is 1. The van der Waals surface area contributed by atoms with E-state index >= 15 is 0 Å². The monoisotopic (exact) mass is 237 g/mol. The van der Waals surface area contributed by atoms with Gasteiger partial charge in [-0.2, -0.15) is 0 Å². The standard InChI is InChI=1S/C12H19N3O2/c1-8(2)17-10-6-5-9(7-11(10)16-4)15-12(13)14-3/h5-8H,1-4H3,(H3,13,14,15). The van der Waals surface area contributed by atoms with E-state index < -0.39 is 0 Å². The van der Waals surface area contributed by atoms with Crippen molar-refractivity contribution in [2.24, 2.45) is 10.7 Å². The number of methoxy groups -OCH3 is 1. The fourth-order valence-corrected chi connectivity index (χ4v) is 1.30. The van der Waals surface area contributed by atoms with Gasteiger partial charge in [-0.3, -0.25) is 4.99 Å². The Morgan fingerprint density at radius 1 is 1.35 bits per heavy atom. The Kier molecular flexibility index (Phi) is 4.63. The van der Waals surface area contributed by atoms with E-state index in [-0.39, 0.29) is 6.10 Å². The van der Waals surface area contributed by atoms with Crippen molar-refractivity contribution in [3.63, 3.8) is 0 Å². The minimum Gasteiger partial charge on any atom is -0.493 e. The molecule has 1 rings (SSSR count). The van der Waals surface area contributed by atoms with Gasteiger partial charge in [0.05, 0.1) is 13.2 Å². The summed E-state index contributed by atoms with van der Waals surface area (Å²) in [6, 6.07) is 5.51. The van der Waals surface area contributed by atoms with Crippen LogP contribution in [0.25, 0.3) is 0 Å². The Labute approximate surface area is 102 Å². The van der Waals surface area contributed by atoms with Crippen LogP contribution >= 0.6 is 0 Å². The Balaban J connectivity index is 2.92. The van der Waals surface area contributed by atoms with Crippen molar-refractivity contribution in [3.05, 3.63) is 18.2 Å². The van der Waals surface area contributed by atoms with Gasteiger partial charge in [-0.25, -0.2) is 0 Å². The first-order valence-corrected chi connectivity index (χ1v) is 5.40. The number of aliphatic imine (C=N–C) groups is 1. The summed E-state index contributed by atoms with van der Waals surface area (Å²) >= 11 is 0. The quantitative estimate of drug-likeness (QED) is 0.619. The summed E-state index contributed by atoms with van der Waals surface area (Å²) < 4.78 is 10.9. The Morgan fingerprint density at radius 3 is 2.59 bits per heavy atom. The van der Waals surface area contributed by atoms with E-state index in [1.54, 1.807) is 14.2 Å². The van der Waals surface area contributed by atoms with Crippen LogP contribution in [0.5, 0.6) is 11.5 Å². The minimum absolute atomic E-state index is 0.102. The maximum Gasteiger partial charge on any atom is 0.192 e. The van der Waals surface area contributed by atoms with Gasteiger partial charge >= 0.3 is 0 Å². The predicted molar refractivity (Wildman–Crippen MR) is 69.9 cm³/mol. The lowest BCUT2D eigenvalue weighted by Gasteiger charge is -2.14. The molecule has 0 saturated heterocycles. The molecule has 1 aromatic carbocycles. The smallest absolute Gasteiger partial charge is 0.192 e. The molecular formula is C12H19N3O2. The van der Waals surface area contributed by atoms with Crippen LogP contribution in [-0.2, 0) is 0 Å². The van der Waals surface area contributed by atoms with Gasteiger partial charge in [-0.05, 0) is 26.0 Å². The van der Waals surface area contributed by atoms with Crippen LogP contribution in [-0.4, -0.2) is 26.2 Å². The largest absolute Gasteiger partial charge is 0.493 e. The van der Waals surface area contributed by atoms with Crippen LogP contribution in [0, 0.1) is 0 Å². The molecule has 5 heteroatoms. The lowest BCUT2D eigenvalue weighted by Crippen LogP contribution is -2.22. The molecule has 0 aliphatic carbocycles. The minimum atomic E-state index is 0.102. The fraction of sp³-hybridized carbons (Fsp3) is 0.417. The van der Waals surface area contributed by atoms with E-state index in [0.717, 1.165) is 5.69 Å². The third-order valence-corrected chi connectivity index (χ3v) is 2.04. The molecule has 1 aromatic rings. The summed E-state index contributed by atoms with van der Waals surface area (Å²) in [6.07, 6.45) is 0.102. The summed E-state index contributed by atoms with van der Waals surface area (Å²) in [7, 11) is 3.22. The third kappa shape index (κ3) is 3.86. The molecule has 3 N–H and O–H groups in total. The second-order valence-corrected chi connectivity index (χ2v) is 3.77. The molecule has 0 heterocycles. The predicted octanol–water partition coefficient (Wildman–Crippen LogP) is 1.84. The maximum atomic E-state index is 5.61. The average molecular weight is 237 g/mol. The first-order chi connectivity index (χ1) is 8.06. The van der Waals surface area contributed by atoms with Gasteiger partial charge in [0.15, 0.2) is 17.5 Å². The zero-order chi connectivity index (χ0) is 12.8. The molecule has 0 radical (unpaired) electrons. The van der Waals surface area contributed by atoms with Gasteiger partial charge in [0.25, 0.3) is 0 Å². The number of ether oxygens (including phenoxy) is 2. The van der Waals surface area contributed by atoms with Crippen LogP contribution in [0.2, 0.25) is 0 Å². The summed E-state index contributed by atoms with van der Waals surface area (Å²) in [5.41, 5.74) is 6.39. The molecule has 94 valence electrons. The molecule has 0 aliphatic rings. The number of hydrogen-bond donors (Lipinski definition) is 2. The summed E-state index contributed by atoms with van der Waals surface area (Å²) in [5, 5.41) is 2.94. The molecule has 0 fully saturated rings. The van der Waals surface area contributed by atoms with Crippen molar-refractivity contribution >= 4 is 11.6 Å². The zero-order valence-corrected chi connectivity index (χ0v) is 10.7. The van der Waals surface area contributed by atoms with Crippen molar-refractivity contribution in [2.75, 3.05) is 19.5 Å². The van der Waals surface area contributed by atoms with Gasteiger partial charge < -0.3 is 20.5 Å². The number of guanidine groups is 1. The Morgan fingerprint density at radius 2 is 2.06 bits per heavy atom. The summed E-state index contributed by atoms with van der Waals surface area (Å²) in [6.45, 7) is 3.93. The molecule has 17 heavy (non-hydrogen) atoms. The molecule has 0 spiro atoms. The Bertz CT molecular complexity index is 403. The second-order valence-electron chi connectivity index (χ2n) is 3.77. The first kappa shape index (κ1) is 13.2. The number of hydrogen-bond acceptors (Lipinski definition) is 3. The van der Waals surface area contributed by atoms with Crippen molar-refractivity contribution in [2.45, 2.75) is 20.0 Å². The van der Waals surface area contributed by atoms with E-state index in [9.17, 15) is 0 Å². The fourth-order valence-electron chi connectivity index (χ4n) is 1.30. The highest BCUT2D eigenvalue weighted by Crippen LogP contribution is 2.30. The second kappa shape index (κ2) is 5.98. The topological polar surface area (TPSA) is 68.9 Å². The van der Waals surface area contributed by atoms with Crippen molar-refractivity contribution < 1.29 is 9.47 Å². The number of nitrogens with one attached hydrogen (secondary N) is 1. The van der Waals surface area contributed by atoms with Gasteiger partial charge in [0.2, 0.25) is 0 Å². The Hall–Kier alpha value is -1.91. The highest BCUT2D eigenvalue weighted by atomic mass is 16.5. The van der Waals surface area contributed by atoms with E-state index in [0.29, 0.717) is 17.5 Å². The van der Waals surface area contributed by atoms with Crippen molar-refractivity contribution in [1.29, 1.82) is 0 Å². The van der Waals surface area contributed by atoms with E-state index in [1.165, 1.54) is 0 Å². The van der Waals surface area contributed by atoms with Gasteiger partial charge in [-0.1, -0.05) is 0 Å². The molecule has 0 bridgehead atoms. The number of anilines is 1. The number of benzene rings is 1. The lowest BCUT2D eigenvalue weighted by molar-refractivity contribution is 0.230. The van der Waals surface area contributed by atoms with Crippen LogP contribution in [0.1, 0.15) is 13.8 Å². The van der Waals surface area contributed by atoms with Crippen LogP contribution in [0.4, 0.5) is 5.69 Å². The molecule has 0 aromatic heterocycles. The van der Waals surface area contributed by atoms with Gasteiger partial charge in [0.1, 0.15) is 0 Å². The SMILES string of the molecule is CN=C(N)Nc1ccc(OC(C)C)c(OC)c1. The summed E-state index contributed by atoms with van der Waals surface area (Å²) in [5.74, 6) is 1.72. The number of nitrogens with zero attached hydrogens (tertiary/aromatic N) is 1. The third-order valence-electron chi connectivity index (χ3n) is 2.04. The molecule has 0 unspecified atom stereocenters. The highest BCUT2D eigenvalue weighted by molar-refractivity contribution is 5.92. The zero-order valence-electron chi connectivity index (χ0n) is 10.7.